The Morgan fingerprint density at radius 3 is 2.76 bits per heavy atom. The molecule has 3 unspecified atom stereocenters. The molecule has 0 aromatic heterocycles. The number of likely N-dealkylation sites (N-methyl/N-ethyl adjacent to an activating group) is 1. The first-order valence-corrected chi connectivity index (χ1v) is 8.81. The highest BCUT2D eigenvalue weighted by molar-refractivity contribution is 5.93. The first-order chi connectivity index (χ1) is 12.0. The maximum absolute atomic E-state index is 14.0. The largest absolute Gasteiger partial charge is 0.373 e. The first kappa shape index (κ1) is 17.7. The number of nitrogens with one attached hydrogen (secondary N) is 4. The molecular formula is C18H25FN4O2. The van der Waals surface area contributed by atoms with Gasteiger partial charge in [0.25, 0.3) is 0 Å². The average Bonchev–Trinajstić information content (AvgIpc) is 3.09. The van der Waals surface area contributed by atoms with Crippen LogP contribution in [0.15, 0.2) is 12.1 Å². The van der Waals surface area contributed by atoms with Crippen molar-refractivity contribution in [2.75, 3.05) is 18.9 Å². The second-order valence-electron chi connectivity index (χ2n) is 6.78. The molecule has 3 atom stereocenters. The third-order valence-corrected chi connectivity index (χ3v) is 5.08. The van der Waals surface area contributed by atoms with Crippen LogP contribution in [-0.4, -0.2) is 43.5 Å². The molecule has 0 bridgehead atoms. The Morgan fingerprint density at radius 1 is 1.32 bits per heavy atom. The van der Waals surface area contributed by atoms with E-state index in [4.69, 9.17) is 0 Å². The summed E-state index contributed by atoms with van der Waals surface area (Å²) < 4.78 is 14.0. The predicted octanol–water partition coefficient (Wildman–Crippen LogP) is 0.844. The van der Waals surface area contributed by atoms with Gasteiger partial charge in [0.15, 0.2) is 0 Å². The molecule has 25 heavy (non-hydrogen) atoms. The number of aryl methyl sites for hydroxylation is 1. The van der Waals surface area contributed by atoms with Gasteiger partial charge in [-0.05, 0) is 37.9 Å². The van der Waals surface area contributed by atoms with Crippen LogP contribution in [0.25, 0.3) is 0 Å². The third-order valence-electron chi connectivity index (χ3n) is 5.08. The maximum atomic E-state index is 14.0. The molecule has 1 aromatic carbocycles. The van der Waals surface area contributed by atoms with Crippen molar-refractivity contribution in [2.24, 2.45) is 0 Å². The highest BCUT2D eigenvalue weighted by Gasteiger charge is 2.35. The van der Waals surface area contributed by atoms with Gasteiger partial charge in [0.1, 0.15) is 17.9 Å². The lowest BCUT2D eigenvalue weighted by Crippen LogP contribution is -2.60. The normalized spacial score (nSPS) is 23.3. The fourth-order valence-electron chi connectivity index (χ4n) is 3.65. The minimum atomic E-state index is -0.630. The lowest BCUT2D eigenvalue weighted by atomic mass is 9.96. The molecule has 7 heteroatoms. The van der Waals surface area contributed by atoms with Gasteiger partial charge < -0.3 is 21.3 Å². The second-order valence-corrected chi connectivity index (χ2v) is 6.78. The molecule has 1 aromatic rings. The highest BCUT2D eigenvalue weighted by atomic mass is 19.1. The molecule has 0 aliphatic carbocycles. The van der Waals surface area contributed by atoms with E-state index in [2.05, 4.69) is 21.3 Å². The van der Waals surface area contributed by atoms with Crippen molar-refractivity contribution >= 4 is 17.5 Å². The van der Waals surface area contributed by atoms with Gasteiger partial charge in [-0.1, -0.05) is 12.5 Å². The van der Waals surface area contributed by atoms with Crippen molar-refractivity contribution in [1.29, 1.82) is 0 Å². The summed E-state index contributed by atoms with van der Waals surface area (Å²) in [5.41, 5.74) is 2.13. The molecule has 0 radical (unpaired) electrons. The zero-order chi connectivity index (χ0) is 18.0. The summed E-state index contributed by atoms with van der Waals surface area (Å²) >= 11 is 0. The van der Waals surface area contributed by atoms with Crippen LogP contribution in [-0.2, 0) is 16.0 Å². The standard InChI is InChI=1S/C18H25FN4O2/c1-10-6-7-12(19)11-9-14(22-15(10)11)17(24)23-16(18(25)20-2)13-5-3-4-8-21-13/h6-7,13-14,16,21-22H,3-5,8-9H2,1-2H3,(H,20,25)(H,23,24). The summed E-state index contributed by atoms with van der Waals surface area (Å²) in [6.45, 7) is 2.72. The predicted molar refractivity (Wildman–Crippen MR) is 93.9 cm³/mol. The molecule has 1 saturated heterocycles. The number of carbonyl (C=O) groups excluding carboxylic acids is 2. The molecule has 2 aliphatic heterocycles. The lowest BCUT2D eigenvalue weighted by Gasteiger charge is -2.31. The molecule has 6 nitrogen and oxygen atoms in total. The fourth-order valence-corrected chi connectivity index (χ4v) is 3.65. The first-order valence-electron chi connectivity index (χ1n) is 8.81. The summed E-state index contributed by atoms with van der Waals surface area (Å²) in [7, 11) is 1.56. The van der Waals surface area contributed by atoms with Crippen molar-refractivity contribution in [3.05, 3.63) is 29.1 Å². The van der Waals surface area contributed by atoms with Crippen LogP contribution in [0.4, 0.5) is 10.1 Å². The highest BCUT2D eigenvalue weighted by Crippen LogP contribution is 2.31. The van der Waals surface area contributed by atoms with E-state index in [9.17, 15) is 14.0 Å². The number of hydrogen-bond acceptors (Lipinski definition) is 4. The van der Waals surface area contributed by atoms with Crippen LogP contribution < -0.4 is 21.3 Å². The van der Waals surface area contributed by atoms with Crippen molar-refractivity contribution in [3.63, 3.8) is 0 Å². The molecule has 136 valence electrons. The van der Waals surface area contributed by atoms with Crippen molar-refractivity contribution < 1.29 is 14.0 Å². The average molecular weight is 348 g/mol. The van der Waals surface area contributed by atoms with E-state index in [0.717, 1.165) is 31.4 Å². The Balaban J connectivity index is 1.71. The quantitative estimate of drug-likeness (QED) is 0.650. The monoisotopic (exact) mass is 348 g/mol. The van der Waals surface area contributed by atoms with Gasteiger partial charge in [0, 0.05) is 30.8 Å². The Hall–Kier alpha value is -2.15. The van der Waals surface area contributed by atoms with Crippen LogP contribution in [0.5, 0.6) is 0 Å². The van der Waals surface area contributed by atoms with E-state index in [1.807, 2.05) is 6.92 Å². The molecule has 1 fully saturated rings. The van der Waals surface area contributed by atoms with Crippen LogP contribution >= 0.6 is 0 Å². The molecule has 2 heterocycles. The van der Waals surface area contributed by atoms with Gasteiger partial charge in [-0.15, -0.1) is 0 Å². The summed E-state index contributed by atoms with van der Waals surface area (Å²) in [6.07, 6.45) is 3.22. The zero-order valence-electron chi connectivity index (χ0n) is 14.6. The minimum Gasteiger partial charge on any atom is -0.373 e. The number of hydrogen-bond donors (Lipinski definition) is 4. The number of rotatable bonds is 4. The molecule has 2 aliphatic rings. The fraction of sp³-hybridized carbons (Fsp3) is 0.556. The lowest BCUT2D eigenvalue weighted by molar-refractivity contribution is -0.129. The van der Waals surface area contributed by atoms with Crippen LogP contribution in [0.2, 0.25) is 0 Å². The van der Waals surface area contributed by atoms with Crippen molar-refractivity contribution in [1.82, 2.24) is 16.0 Å². The number of benzene rings is 1. The summed E-state index contributed by atoms with van der Waals surface area (Å²) in [5, 5.41) is 11.9. The summed E-state index contributed by atoms with van der Waals surface area (Å²) in [4.78, 5) is 24.9. The number of anilines is 1. The van der Waals surface area contributed by atoms with Gasteiger partial charge in [-0.2, -0.15) is 0 Å². The van der Waals surface area contributed by atoms with E-state index in [0.29, 0.717) is 11.3 Å². The Kier molecular flexibility index (Phi) is 5.22. The third kappa shape index (κ3) is 3.61. The van der Waals surface area contributed by atoms with Crippen LogP contribution in [0, 0.1) is 12.7 Å². The number of piperidine rings is 1. The van der Waals surface area contributed by atoms with Crippen LogP contribution in [0.3, 0.4) is 0 Å². The van der Waals surface area contributed by atoms with Gasteiger partial charge >= 0.3 is 0 Å². The van der Waals surface area contributed by atoms with Crippen molar-refractivity contribution in [3.8, 4) is 0 Å². The number of halogens is 1. The van der Waals surface area contributed by atoms with E-state index in [-0.39, 0.29) is 30.1 Å². The van der Waals surface area contributed by atoms with Crippen molar-refractivity contribution in [2.45, 2.75) is 50.7 Å². The molecule has 3 rings (SSSR count). The van der Waals surface area contributed by atoms with Gasteiger partial charge in [-0.25, -0.2) is 4.39 Å². The van der Waals surface area contributed by atoms with E-state index in [1.165, 1.54) is 6.07 Å². The number of amides is 2. The van der Waals surface area contributed by atoms with Gasteiger partial charge in [0.2, 0.25) is 11.8 Å². The molecule has 4 N–H and O–H groups in total. The molecular weight excluding hydrogens is 323 g/mol. The van der Waals surface area contributed by atoms with E-state index in [1.54, 1.807) is 13.1 Å². The Bertz CT molecular complexity index is 642. The number of fused-ring (bicyclic) bond motifs is 1. The Labute approximate surface area is 146 Å². The smallest absolute Gasteiger partial charge is 0.243 e. The molecule has 0 saturated carbocycles. The van der Waals surface area contributed by atoms with Gasteiger partial charge in [0.05, 0.1) is 0 Å². The minimum absolute atomic E-state index is 0.0834. The SMILES string of the molecule is CNC(=O)C(NC(=O)C1Cc2c(F)ccc(C)c2N1)C1CCCCN1. The Morgan fingerprint density at radius 2 is 2.12 bits per heavy atom. The molecule has 2 amide bonds. The van der Waals surface area contributed by atoms with Crippen LogP contribution in [0.1, 0.15) is 30.4 Å². The second kappa shape index (κ2) is 7.39. The summed E-state index contributed by atoms with van der Waals surface area (Å²) in [6, 6.07) is 1.84. The maximum Gasteiger partial charge on any atom is 0.243 e. The molecule has 0 spiro atoms. The summed E-state index contributed by atoms with van der Waals surface area (Å²) in [5.74, 6) is -0.804. The van der Waals surface area contributed by atoms with Gasteiger partial charge in [-0.3, -0.25) is 9.59 Å². The van der Waals surface area contributed by atoms with E-state index >= 15 is 0 Å². The zero-order valence-corrected chi connectivity index (χ0v) is 14.6. The topological polar surface area (TPSA) is 82.3 Å². The van der Waals surface area contributed by atoms with E-state index < -0.39 is 12.1 Å². The number of carbonyl (C=O) groups is 2.